The lowest BCUT2D eigenvalue weighted by molar-refractivity contribution is -0.120. The first-order valence-corrected chi connectivity index (χ1v) is 11.5. The van der Waals surface area contributed by atoms with Gasteiger partial charge in [0.05, 0.1) is 6.10 Å². The summed E-state index contributed by atoms with van der Waals surface area (Å²) in [5.74, 6) is 3.53. The largest absolute Gasteiger partial charge is 0.393 e. The van der Waals surface area contributed by atoms with Crippen LogP contribution in [0.15, 0.2) is 11.6 Å². The maximum Gasteiger partial charge on any atom is 0.219 e. The first kappa shape index (κ1) is 19.5. The Hall–Kier alpha value is -0.830. The van der Waals surface area contributed by atoms with Crippen molar-refractivity contribution in [2.75, 3.05) is 7.05 Å². The van der Waals surface area contributed by atoms with E-state index in [4.69, 9.17) is 0 Å². The lowest BCUT2D eigenvalue weighted by atomic mass is 9.47. The van der Waals surface area contributed by atoms with Gasteiger partial charge in [-0.3, -0.25) is 4.79 Å². The molecule has 4 aliphatic rings. The van der Waals surface area contributed by atoms with Crippen LogP contribution in [0.2, 0.25) is 0 Å². The zero-order chi connectivity index (χ0) is 19.2. The van der Waals surface area contributed by atoms with E-state index in [9.17, 15) is 9.90 Å². The third-order valence-electron chi connectivity index (χ3n) is 9.51. The summed E-state index contributed by atoms with van der Waals surface area (Å²) in [5.41, 5.74) is 2.41. The highest BCUT2D eigenvalue weighted by Gasteiger charge is 2.58. The van der Waals surface area contributed by atoms with Gasteiger partial charge in [-0.1, -0.05) is 25.5 Å². The first-order chi connectivity index (χ1) is 12.9. The Morgan fingerprint density at radius 3 is 2.78 bits per heavy atom. The van der Waals surface area contributed by atoms with Gasteiger partial charge < -0.3 is 10.4 Å². The second kappa shape index (κ2) is 7.21. The van der Waals surface area contributed by atoms with E-state index < -0.39 is 0 Å². The number of aliphatic hydroxyl groups is 1. The molecule has 152 valence electrons. The molecule has 4 aliphatic carbocycles. The Labute approximate surface area is 165 Å². The minimum absolute atomic E-state index is 0.106. The van der Waals surface area contributed by atoms with Crippen molar-refractivity contribution in [3.8, 4) is 0 Å². The fourth-order valence-corrected chi connectivity index (χ4v) is 7.86. The van der Waals surface area contributed by atoms with Gasteiger partial charge in [-0.2, -0.15) is 0 Å². The van der Waals surface area contributed by atoms with Gasteiger partial charge in [0.25, 0.3) is 0 Å². The molecule has 2 N–H and O–H groups in total. The molecular weight excluding hydrogens is 334 g/mol. The summed E-state index contributed by atoms with van der Waals surface area (Å²) in [6.07, 6.45) is 15.2. The molecule has 1 amide bonds. The summed E-state index contributed by atoms with van der Waals surface area (Å²) in [7, 11) is 1.74. The van der Waals surface area contributed by atoms with Gasteiger partial charge in [0.15, 0.2) is 0 Å². The molecule has 0 aromatic carbocycles. The number of hydrogen-bond acceptors (Lipinski definition) is 2. The fourth-order valence-electron chi connectivity index (χ4n) is 7.86. The van der Waals surface area contributed by atoms with Gasteiger partial charge >= 0.3 is 0 Å². The maximum absolute atomic E-state index is 11.6. The predicted molar refractivity (Wildman–Crippen MR) is 109 cm³/mol. The van der Waals surface area contributed by atoms with Gasteiger partial charge in [0.1, 0.15) is 0 Å². The Kier molecular flexibility index (Phi) is 5.20. The number of carbonyl (C=O) groups is 1. The van der Waals surface area contributed by atoms with Crippen LogP contribution in [0.1, 0.15) is 84.5 Å². The van der Waals surface area contributed by atoms with Crippen LogP contribution in [-0.4, -0.2) is 24.2 Å². The number of hydrogen-bond donors (Lipinski definition) is 2. The topological polar surface area (TPSA) is 49.3 Å². The van der Waals surface area contributed by atoms with Crippen molar-refractivity contribution >= 4 is 5.91 Å². The van der Waals surface area contributed by atoms with Crippen molar-refractivity contribution in [1.82, 2.24) is 5.32 Å². The maximum atomic E-state index is 11.6. The molecule has 0 heterocycles. The molecular formula is C24H39NO2. The monoisotopic (exact) mass is 373 g/mol. The SMILES string of the molecule is CNC(=O)CCC[C@H]1CC[C@H]2[C@@H]3CC=C4C[C@@H](O)CC[C@]4(C)[C@H]3CC[C@]12C. The normalized spacial score (nSPS) is 46.1. The highest BCUT2D eigenvalue weighted by Crippen LogP contribution is 2.66. The van der Waals surface area contributed by atoms with E-state index in [2.05, 4.69) is 25.2 Å². The molecule has 7 atom stereocenters. The Morgan fingerprint density at radius 2 is 2.00 bits per heavy atom. The van der Waals surface area contributed by atoms with Crippen molar-refractivity contribution in [3.63, 3.8) is 0 Å². The summed E-state index contributed by atoms with van der Waals surface area (Å²) in [6.45, 7) is 5.09. The molecule has 0 aromatic heterocycles. The van der Waals surface area contributed by atoms with Crippen LogP contribution in [-0.2, 0) is 4.79 Å². The quantitative estimate of drug-likeness (QED) is 0.693. The molecule has 0 aliphatic heterocycles. The van der Waals surface area contributed by atoms with E-state index in [1.165, 1.54) is 44.9 Å². The van der Waals surface area contributed by atoms with Crippen LogP contribution in [0.5, 0.6) is 0 Å². The Bertz CT molecular complexity index is 614. The smallest absolute Gasteiger partial charge is 0.219 e. The van der Waals surface area contributed by atoms with Crippen molar-refractivity contribution < 1.29 is 9.90 Å². The number of amides is 1. The van der Waals surface area contributed by atoms with E-state index in [0.717, 1.165) is 42.9 Å². The van der Waals surface area contributed by atoms with Gasteiger partial charge in [-0.15, -0.1) is 0 Å². The third-order valence-corrected chi connectivity index (χ3v) is 9.51. The molecule has 0 unspecified atom stereocenters. The summed E-state index contributed by atoms with van der Waals surface area (Å²) in [4.78, 5) is 11.6. The summed E-state index contributed by atoms with van der Waals surface area (Å²) < 4.78 is 0. The molecule has 3 nitrogen and oxygen atoms in total. The first-order valence-electron chi connectivity index (χ1n) is 11.5. The zero-order valence-corrected chi connectivity index (χ0v) is 17.6. The second-order valence-electron chi connectivity index (χ2n) is 10.5. The van der Waals surface area contributed by atoms with E-state index in [1.807, 2.05) is 0 Å². The number of nitrogens with one attached hydrogen (secondary N) is 1. The molecule has 0 aromatic rings. The van der Waals surface area contributed by atoms with Crippen molar-refractivity contribution in [2.24, 2.45) is 34.5 Å². The lowest BCUT2D eigenvalue weighted by Gasteiger charge is -2.58. The summed E-state index contributed by atoms with van der Waals surface area (Å²) in [5, 5.41) is 12.9. The van der Waals surface area contributed by atoms with Crippen LogP contribution in [0, 0.1) is 34.5 Å². The molecule has 27 heavy (non-hydrogen) atoms. The highest BCUT2D eigenvalue weighted by molar-refractivity contribution is 5.75. The zero-order valence-electron chi connectivity index (χ0n) is 17.6. The Balaban J connectivity index is 1.48. The van der Waals surface area contributed by atoms with Crippen LogP contribution in [0.3, 0.4) is 0 Å². The van der Waals surface area contributed by atoms with Crippen LogP contribution in [0.4, 0.5) is 0 Å². The highest BCUT2D eigenvalue weighted by atomic mass is 16.3. The molecule has 3 fully saturated rings. The molecule has 3 saturated carbocycles. The van der Waals surface area contributed by atoms with Crippen molar-refractivity contribution in [3.05, 3.63) is 11.6 Å². The Morgan fingerprint density at radius 1 is 1.19 bits per heavy atom. The van der Waals surface area contributed by atoms with E-state index in [0.29, 0.717) is 17.3 Å². The average Bonchev–Trinajstić information content (AvgIpc) is 2.99. The van der Waals surface area contributed by atoms with Gasteiger partial charge in [0, 0.05) is 13.5 Å². The fraction of sp³-hybridized carbons (Fsp3) is 0.875. The van der Waals surface area contributed by atoms with Crippen LogP contribution < -0.4 is 5.32 Å². The number of rotatable bonds is 4. The minimum Gasteiger partial charge on any atom is -0.393 e. The van der Waals surface area contributed by atoms with E-state index >= 15 is 0 Å². The van der Waals surface area contributed by atoms with Gasteiger partial charge in [-0.25, -0.2) is 0 Å². The molecule has 0 spiro atoms. The molecule has 0 radical (unpaired) electrons. The standard InChI is InChI=1S/C24H39NO2/c1-23-14-12-21-19(9-7-17-15-18(26)11-13-24(17,21)2)20(23)10-8-16(23)5-4-6-22(27)25-3/h7,16,18-21,26H,4-6,8-15H2,1-3H3,(H,25,27)/t16-,18-,19-,20-,21-,23+,24-/m0/s1. The molecule has 0 saturated heterocycles. The van der Waals surface area contributed by atoms with Gasteiger partial charge in [0.2, 0.25) is 5.91 Å². The third kappa shape index (κ3) is 3.18. The van der Waals surface area contributed by atoms with Crippen molar-refractivity contribution in [2.45, 2.75) is 90.6 Å². The summed E-state index contributed by atoms with van der Waals surface area (Å²) >= 11 is 0. The number of fused-ring (bicyclic) bond motifs is 5. The van der Waals surface area contributed by atoms with Crippen LogP contribution in [0.25, 0.3) is 0 Å². The number of allylic oxidation sites excluding steroid dienone is 1. The molecule has 0 bridgehead atoms. The van der Waals surface area contributed by atoms with Crippen LogP contribution >= 0.6 is 0 Å². The number of carbonyl (C=O) groups excluding carboxylic acids is 1. The summed E-state index contributed by atoms with van der Waals surface area (Å²) in [6, 6.07) is 0. The average molecular weight is 374 g/mol. The predicted octanol–water partition coefficient (Wildman–Crippen LogP) is 4.84. The molecule has 3 heteroatoms. The van der Waals surface area contributed by atoms with Gasteiger partial charge in [-0.05, 0) is 98.7 Å². The molecule has 4 rings (SSSR count). The van der Waals surface area contributed by atoms with E-state index in [1.54, 1.807) is 12.6 Å². The minimum atomic E-state index is -0.106. The lowest BCUT2D eigenvalue weighted by Crippen LogP contribution is -2.50. The van der Waals surface area contributed by atoms with E-state index in [-0.39, 0.29) is 12.0 Å². The number of aliphatic hydroxyl groups excluding tert-OH is 1. The second-order valence-corrected chi connectivity index (χ2v) is 10.5. The van der Waals surface area contributed by atoms with Crippen molar-refractivity contribution in [1.29, 1.82) is 0 Å².